The van der Waals surface area contributed by atoms with E-state index in [0.29, 0.717) is 6.04 Å². The third kappa shape index (κ3) is 2.45. The highest BCUT2D eigenvalue weighted by molar-refractivity contribution is 5.43. The zero-order valence-electron chi connectivity index (χ0n) is 11.7. The summed E-state index contributed by atoms with van der Waals surface area (Å²) < 4.78 is 7.39. The minimum atomic E-state index is 0.629. The molecule has 3 rings (SSSR count). The normalized spacial score (nSPS) is 20.8. The van der Waals surface area contributed by atoms with Crippen molar-refractivity contribution in [3.8, 4) is 5.88 Å². The van der Waals surface area contributed by atoms with Gasteiger partial charge >= 0.3 is 0 Å². The molecule has 1 atom stereocenters. The maximum atomic E-state index is 5.36. The Hall–Kier alpha value is -1.55. The van der Waals surface area contributed by atoms with Gasteiger partial charge in [-0.25, -0.2) is 4.98 Å². The van der Waals surface area contributed by atoms with Crippen LogP contribution in [0.2, 0.25) is 0 Å². The van der Waals surface area contributed by atoms with Crippen LogP contribution in [0.1, 0.15) is 25.0 Å². The lowest BCUT2D eigenvalue weighted by Gasteiger charge is -2.31. The van der Waals surface area contributed by atoms with Crippen molar-refractivity contribution in [2.24, 2.45) is 0 Å². The van der Waals surface area contributed by atoms with E-state index in [-0.39, 0.29) is 0 Å². The first kappa shape index (κ1) is 12.5. The second kappa shape index (κ2) is 5.21. The van der Waals surface area contributed by atoms with Gasteiger partial charge < -0.3 is 9.64 Å². The van der Waals surface area contributed by atoms with E-state index >= 15 is 0 Å². The first-order valence-corrected chi connectivity index (χ1v) is 6.99. The van der Waals surface area contributed by atoms with Crippen molar-refractivity contribution < 1.29 is 4.74 Å². The molecule has 0 spiro atoms. The van der Waals surface area contributed by atoms with Gasteiger partial charge in [0, 0.05) is 18.7 Å². The number of hydrogen-bond acceptors (Lipinski definition) is 3. The summed E-state index contributed by atoms with van der Waals surface area (Å²) in [6.07, 6.45) is 7.08. The van der Waals surface area contributed by atoms with E-state index < -0.39 is 0 Å². The number of pyridine rings is 1. The average Bonchev–Trinajstić information content (AvgIpc) is 2.83. The Morgan fingerprint density at radius 2 is 2.26 bits per heavy atom. The maximum absolute atomic E-state index is 5.36. The summed E-state index contributed by atoms with van der Waals surface area (Å²) in [6.45, 7) is 1.21. The number of likely N-dealkylation sites (N-methyl/N-ethyl adjacent to an activating group) is 1. The van der Waals surface area contributed by atoms with Crippen LogP contribution in [0, 0.1) is 0 Å². The first-order valence-electron chi connectivity index (χ1n) is 6.99. The number of ether oxygens (including phenoxy) is 1. The summed E-state index contributed by atoms with van der Waals surface area (Å²) in [6, 6.07) is 6.60. The Kier molecular flexibility index (Phi) is 3.42. The third-order valence-corrected chi connectivity index (χ3v) is 4.08. The highest BCUT2D eigenvalue weighted by Crippen LogP contribution is 2.21. The number of likely N-dealkylation sites (tertiary alicyclic amines) is 1. The molecule has 1 saturated heterocycles. The molecule has 0 radical (unpaired) electrons. The maximum Gasteiger partial charge on any atom is 0.198 e. The molecule has 4 heteroatoms. The molecule has 0 N–H and O–H groups in total. The Morgan fingerprint density at radius 3 is 3.05 bits per heavy atom. The predicted octanol–water partition coefficient (Wildman–Crippen LogP) is 2.37. The number of hydrogen-bond donors (Lipinski definition) is 0. The molecule has 19 heavy (non-hydrogen) atoms. The van der Waals surface area contributed by atoms with Gasteiger partial charge in [0.15, 0.2) is 5.88 Å². The number of nitrogens with zero attached hydrogens (tertiary/aromatic N) is 3. The zero-order valence-corrected chi connectivity index (χ0v) is 11.7. The van der Waals surface area contributed by atoms with Gasteiger partial charge in [0.25, 0.3) is 0 Å². The lowest BCUT2D eigenvalue weighted by atomic mass is 9.99. The fraction of sp³-hybridized carbons (Fsp3) is 0.533. The molecular formula is C15H21N3O. The molecule has 0 bridgehead atoms. The molecule has 1 fully saturated rings. The largest absolute Gasteiger partial charge is 0.482 e. The SMILES string of the molecule is COc1cccc2nc(CC3CCCCN3C)cn12. The minimum Gasteiger partial charge on any atom is -0.482 e. The molecule has 1 aliphatic rings. The molecular weight excluding hydrogens is 238 g/mol. The molecule has 0 aromatic carbocycles. The van der Waals surface area contributed by atoms with Crippen LogP contribution in [0.25, 0.3) is 5.65 Å². The highest BCUT2D eigenvalue weighted by Gasteiger charge is 2.20. The van der Waals surface area contributed by atoms with Crippen molar-refractivity contribution in [1.29, 1.82) is 0 Å². The van der Waals surface area contributed by atoms with Gasteiger partial charge in [0.1, 0.15) is 5.65 Å². The van der Waals surface area contributed by atoms with E-state index in [1.807, 2.05) is 22.6 Å². The topological polar surface area (TPSA) is 29.8 Å². The second-order valence-corrected chi connectivity index (χ2v) is 5.36. The Labute approximate surface area is 114 Å². The smallest absolute Gasteiger partial charge is 0.198 e. The Balaban J connectivity index is 1.85. The fourth-order valence-electron chi connectivity index (χ4n) is 2.94. The lowest BCUT2D eigenvalue weighted by molar-refractivity contribution is 0.184. The fourth-order valence-corrected chi connectivity index (χ4v) is 2.94. The quantitative estimate of drug-likeness (QED) is 0.847. The number of aromatic nitrogens is 2. The van der Waals surface area contributed by atoms with Crippen molar-refractivity contribution in [2.45, 2.75) is 31.7 Å². The van der Waals surface area contributed by atoms with Crippen LogP contribution in [0.3, 0.4) is 0 Å². The van der Waals surface area contributed by atoms with Crippen LogP contribution in [-0.4, -0.2) is 41.0 Å². The van der Waals surface area contributed by atoms with Crippen molar-refractivity contribution in [3.05, 3.63) is 30.1 Å². The van der Waals surface area contributed by atoms with E-state index in [9.17, 15) is 0 Å². The Morgan fingerprint density at radius 1 is 1.37 bits per heavy atom. The summed E-state index contributed by atoms with van der Waals surface area (Å²) in [5.74, 6) is 0.841. The molecule has 3 heterocycles. The molecule has 1 unspecified atom stereocenters. The third-order valence-electron chi connectivity index (χ3n) is 4.08. The molecule has 2 aromatic heterocycles. The van der Waals surface area contributed by atoms with Crippen molar-refractivity contribution in [2.75, 3.05) is 20.7 Å². The zero-order chi connectivity index (χ0) is 13.2. The molecule has 4 nitrogen and oxygen atoms in total. The van der Waals surface area contributed by atoms with E-state index in [0.717, 1.165) is 23.6 Å². The van der Waals surface area contributed by atoms with Gasteiger partial charge in [-0.1, -0.05) is 12.5 Å². The molecule has 0 aliphatic carbocycles. The minimum absolute atomic E-state index is 0.629. The van der Waals surface area contributed by atoms with E-state index in [4.69, 9.17) is 9.72 Å². The van der Waals surface area contributed by atoms with Crippen LogP contribution < -0.4 is 4.74 Å². The van der Waals surface area contributed by atoms with Crippen molar-refractivity contribution in [3.63, 3.8) is 0 Å². The number of fused-ring (bicyclic) bond motifs is 1. The van der Waals surface area contributed by atoms with Gasteiger partial charge in [-0.2, -0.15) is 0 Å². The van der Waals surface area contributed by atoms with Gasteiger partial charge in [-0.15, -0.1) is 0 Å². The van der Waals surface area contributed by atoms with Gasteiger partial charge in [-0.3, -0.25) is 4.40 Å². The van der Waals surface area contributed by atoms with E-state index in [2.05, 4.69) is 18.1 Å². The Bertz CT molecular complexity index is 564. The monoisotopic (exact) mass is 259 g/mol. The highest BCUT2D eigenvalue weighted by atomic mass is 16.5. The average molecular weight is 259 g/mol. The summed E-state index contributed by atoms with van der Waals surface area (Å²) >= 11 is 0. The summed E-state index contributed by atoms with van der Waals surface area (Å²) in [5, 5.41) is 0. The molecule has 1 aliphatic heterocycles. The summed E-state index contributed by atoms with van der Waals surface area (Å²) in [5.41, 5.74) is 2.12. The summed E-state index contributed by atoms with van der Waals surface area (Å²) in [4.78, 5) is 7.17. The van der Waals surface area contributed by atoms with Crippen LogP contribution in [0.5, 0.6) is 5.88 Å². The molecule has 102 valence electrons. The predicted molar refractivity (Wildman–Crippen MR) is 75.7 cm³/mol. The lowest BCUT2D eigenvalue weighted by Crippen LogP contribution is -2.37. The molecule has 0 saturated carbocycles. The van der Waals surface area contributed by atoms with Gasteiger partial charge in [-0.05, 0) is 38.6 Å². The molecule has 0 amide bonds. The standard InChI is InChI=1S/C15H21N3O/c1-17-9-4-3-6-13(17)10-12-11-18-14(16-12)7-5-8-15(18)19-2/h5,7-8,11,13H,3-4,6,9-10H2,1-2H3. The van der Waals surface area contributed by atoms with Crippen LogP contribution in [-0.2, 0) is 6.42 Å². The van der Waals surface area contributed by atoms with Crippen LogP contribution >= 0.6 is 0 Å². The van der Waals surface area contributed by atoms with Crippen molar-refractivity contribution in [1.82, 2.24) is 14.3 Å². The number of methoxy groups -OCH3 is 1. The second-order valence-electron chi connectivity index (χ2n) is 5.36. The van der Waals surface area contributed by atoms with Crippen molar-refractivity contribution >= 4 is 5.65 Å². The van der Waals surface area contributed by atoms with E-state index in [1.165, 1.54) is 25.8 Å². The summed E-state index contributed by atoms with van der Waals surface area (Å²) in [7, 11) is 3.92. The number of piperidine rings is 1. The number of imidazole rings is 1. The van der Waals surface area contributed by atoms with Gasteiger partial charge in [0.05, 0.1) is 12.8 Å². The first-order chi connectivity index (χ1) is 9.28. The van der Waals surface area contributed by atoms with Crippen LogP contribution in [0.4, 0.5) is 0 Å². The number of rotatable bonds is 3. The van der Waals surface area contributed by atoms with E-state index in [1.54, 1.807) is 7.11 Å². The van der Waals surface area contributed by atoms with Gasteiger partial charge in [0.2, 0.25) is 0 Å². The van der Waals surface area contributed by atoms with Crippen LogP contribution in [0.15, 0.2) is 24.4 Å². The molecule has 2 aromatic rings.